The van der Waals surface area contributed by atoms with Crippen LogP contribution in [0.4, 0.5) is 5.00 Å². The number of carbonyl (C=O) groups is 2. The number of aryl methyl sites for hydroxylation is 2. The quantitative estimate of drug-likeness (QED) is 0.807. The molecule has 0 spiro atoms. The Labute approximate surface area is 145 Å². The number of methoxy groups -OCH3 is 1. The molecule has 0 fully saturated rings. The third kappa shape index (κ3) is 3.67. The molecule has 0 bridgehead atoms. The Morgan fingerprint density at radius 3 is 2.75 bits per heavy atom. The fourth-order valence-corrected chi connectivity index (χ4v) is 4.39. The van der Waals surface area contributed by atoms with Gasteiger partial charge in [0.05, 0.1) is 12.7 Å². The smallest absolute Gasteiger partial charge is 0.341 e. The number of hydrogen-bond donors (Lipinski definition) is 1. The molecule has 0 unspecified atom stereocenters. The minimum absolute atomic E-state index is 0.0454. The maximum atomic E-state index is 12.2. The number of nitrogens with one attached hydrogen (secondary N) is 1. The second kappa shape index (κ2) is 7.62. The molecule has 1 aliphatic carbocycles. The summed E-state index contributed by atoms with van der Waals surface area (Å²) in [5, 5.41) is 3.57. The summed E-state index contributed by atoms with van der Waals surface area (Å²) >= 11 is 1.52. The summed E-state index contributed by atoms with van der Waals surface area (Å²) in [6, 6.07) is 10.1. The van der Waals surface area contributed by atoms with Crippen molar-refractivity contribution >= 4 is 28.2 Å². The SMILES string of the molecule is COC(=O)c1c(NC(=O)CCCc2ccccc2)sc2c1CCC2. The maximum absolute atomic E-state index is 12.2. The minimum Gasteiger partial charge on any atom is -0.465 e. The van der Waals surface area contributed by atoms with Crippen LogP contribution >= 0.6 is 11.3 Å². The standard InChI is InChI=1S/C19H21NO3S/c1-23-19(22)17-14-10-6-11-15(14)24-18(17)20-16(21)12-5-9-13-7-3-2-4-8-13/h2-4,7-8H,5-6,9-12H2,1H3,(H,20,21). The third-order valence-corrected chi connectivity index (χ3v) is 5.48. The predicted octanol–water partition coefficient (Wildman–Crippen LogP) is 3.98. The van der Waals surface area contributed by atoms with Crippen molar-refractivity contribution in [1.82, 2.24) is 0 Å². The van der Waals surface area contributed by atoms with Gasteiger partial charge in [0.25, 0.3) is 0 Å². The lowest BCUT2D eigenvalue weighted by molar-refractivity contribution is -0.116. The van der Waals surface area contributed by atoms with Crippen molar-refractivity contribution in [2.45, 2.75) is 38.5 Å². The summed E-state index contributed by atoms with van der Waals surface area (Å²) in [5.74, 6) is -0.398. The molecule has 126 valence electrons. The van der Waals surface area contributed by atoms with Gasteiger partial charge in [0.1, 0.15) is 5.00 Å². The number of ether oxygens (including phenoxy) is 1. The number of fused-ring (bicyclic) bond motifs is 1. The minimum atomic E-state index is -0.353. The normalized spacial score (nSPS) is 12.7. The Hall–Kier alpha value is -2.14. The monoisotopic (exact) mass is 343 g/mol. The number of amides is 1. The average Bonchev–Trinajstić information content (AvgIpc) is 3.15. The van der Waals surface area contributed by atoms with Gasteiger partial charge >= 0.3 is 5.97 Å². The van der Waals surface area contributed by atoms with Crippen LogP contribution in [0.25, 0.3) is 0 Å². The number of carbonyl (C=O) groups excluding carboxylic acids is 2. The van der Waals surface area contributed by atoms with Gasteiger partial charge in [0.2, 0.25) is 5.91 Å². The third-order valence-electron chi connectivity index (χ3n) is 4.28. The summed E-state index contributed by atoms with van der Waals surface area (Å²) < 4.78 is 4.90. The zero-order valence-corrected chi connectivity index (χ0v) is 14.6. The predicted molar refractivity (Wildman–Crippen MR) is 95.7 cm³/mol. The van der Waals surface area contributed by atoms with Crippen LogP contribution in [0.15, 0.2) is 30.3 Å². The molecule has 0 radical (unpaired) electrons. The van der Waals surface area contributed by atoms with Gasteiger partial charge in [-0.25, -0.2) is 4.79 Å². The van der Waals surface area contributed by atoms with Crippen LogP contribution in [0.2, 0.25) is 0 Å². The highest BCUT2D eigenvalue weighted by molar-refractivity contribution is 7.17. The number of hydrogen-bond acceptors (Lipinski definition) is 4. The molecule has 0 aliphatic heterocycles. The summed E-state index contributed by atoms with van der Waals surface area (Å²) in [6.07, 6.45) is 5.04. The molecular formula is C19H21NO3S. The Morgan fingerprint density at radius 2 is 2.00 bits per heavy atom. The van der Waals surface area contributed by atoms with Crippen molar-refractivity contribution in [2.75, 3.05) is 12.4 Å². The molecule has 1 aliphatic rings. The van der Waals surface area contributed by atoms with Gasteiger partial charge in [-0.2, -0.15) is 0 Å². The molecule has 3 rings (SSSR count). The fourth-order valence-electron chi connectivity index (χ4n) is 3.10. The van der Waals surface area contributed by atoms with Crippen LogP contribution in [-0.2, 0) is 28.8 Å². The largest absolute Gasteiger partial charge is 0.465 e. The number of esters is 1. The van der Waals surface area contributed by atoms with Crippen LogP contribution in [-0.4, -0.2) is 19.0 Å². The fraction of sp³-hybridized carbons (Fsp3) is 0.368. The lowest BCUT2D eigenvalue weighted by Gasteiger charge is -2.07. The van der Waals surface area contributed by atoms with E-state index in [1.54, 1.807) is 0 Å². The van der Waals surface area contributed by atoms with Crippen LogP contribution in [0, 0.1) is 0 Å². The summed E-state index contributed by atoms with van der Waals surface area (Å²) in [6.45, 7) is 0. The maximum Gasteiger partial charge on any atom is 0.341 e. The summed E-state index contributed by atoms with van der Waals surface area (Å²) in [5.41, 5.74) is 2.86. The van der Waals surface area contributed by atoms with Crippen molar-refractivity contribution in [2.24, 2.45) is 0 Å². The van der Waals surface area contributed by atoms with Crippen molar-refractivity contribution in [1.29, 1.82) is 0 Å². The van der Waals surface area contributed by atoms with E-state index < -0.39 is 0 Å². The molecule has 0 saturated heterocycles. The van der Waals surface area contributed by atoms with Gasteiger partial charge in [-0.15, -0.1) is 11.3 Å². The number of benzene rings is 1. The summed E-state index contributed by atoms with van der Waals surface area (Å²) in [7, 11) is 1.38. The molecule has 24 heavy (non-hydrogen) atoms. The van der Waals surface area contributed by atoms with E-state index in [4.69, 9.17) is 4.74 Å². The van der Waals surface area contributed by atoms with E-state index in [-0.39, 0.29) is 11.9 Å². The van der Waals surface area contributed by atoms with Gasteiger partial charge in [-0.3, -0.25) is 4.79 Å². The van der Waals surface area contributed by atoms with Crippen molar-refractivity contribution in [3.05, 3.63) is 51.9 Å². The highest BCUT2D eigenvalue weighted by atomic mass is 32.1. The first-order valence-electron chi connectivity index (χ1n) is 8.25. The Kier molecular flexibility index (Phi) is 5.30. The van der Waals surface area contributed by atoms with Crippen LogP contribution in [0.3, 0.4) is 0 Å². The van der Waals surface area contributed by atoms with Crippen LogP contribution < -0.4 is 5.32 Å². The topological polar surface area (TPSA) is 55.4 Å². The Morgan fingerprint density at radius 1 is 1.21 bits per heavy atom. The van der Waals surface area contributed by atoms with E-state index in [1.807, 2.05) is 18.2 Å². The van der Waals surface area contributed by atoms with Crippen LogP contribution in [0.5, 0.6) is 0 Å². The second-order valence-corrected chi connectivity index (χ2v) is 7.05. The Bertz CT molecular complexity index is 737. The van der Waals surface area contributed by atoms with Gasteiger partial charge < -0.3 is 10.1 Å². The molecule has 5 heteroatoms. The highest BCUT2D eigenvalue weighted by Crippen LogP contribution is 2.39. The van der Waals surface area contributed by atoms with Gasteiger partial charge in [-0.1, -0.05) is 30.3 Å². The zero-order valence-electron chi connectivity index (χ0n) is 13.8. The second-order valence-electron chi connectivity index (χ2n) is 5.94. The highest BCUT2D eigenvalue weighted by Gasteiger charge is 2.27. The summed E-state index contributed by atoms with van der Waals surface area (Å²) in [4.78, 5) is 25.5. The first-order valence-corrected chi connectivity index (χ1v) is 9.07. The van der Waals surface area contributed by atoms with Gasteiger partial charge in [0, 0.05) is 11.3 Å². The molecule has 1 N–H and O–H groups in total. The first-order chi connectivity index (χ1) is 11.7. The molecule has 1 heterocycles. The van der Waals surface area contributed by atoms with E-state index in [1.165, 1.54) is 28.9 Å². The molecular weight excluding hydrogens is 322 g/mol. The van der Waals surface area contributed by atoms with Gasteiger partial charge in [-0.05, 0) is 43.2 Å². The van der Waals surface area contributed by atoms with E-state index in [0.29, 0.717) is 17.0 Å². The van der Waals surface area contributed by atoms with Crippen LogP contribution in [0.1, 0.15) is 45.6 Å². The molecule has 0 atom stereocenters. The van der Waals surface area contributed by atoms with E-state index >= 15 is 0 Å². The van der Waals surface area contributed by atoms with Crippen molar-refractivity contribution < 1.29 is 14.3 Å². The number of rotatable bonds is 6. The first kappa shape index (κ1) is 16.7. The lowest BCUT2D eigenvalue weighted by atomic mass is 10.1. The number of thiophene rings is 1. The number of anilines is 1. The molecule has 1 amide bonds. The average molecular weight is 343 g/mol. The molecule has 0 saturated carbocycles. The van der Waals surface area contributed by atoms with E-state index in [9.17, 15) is 9.59 Å². The zero-order chi connectivity index (χ0) is 16.9. The molecule has 1 aromatic carbocycles. The van der Waals surface area contributed by atoms with E-state index in [0.717, 1.165) is 37.7 Å². The van der Waals surface area contributed by atoms with Crippen molar-refractivity contribution in [3.8, 4) is 0 Å². The molecule has 1 aromatic heterocycles. The molecule has 4 nitrogen and oxygen atoms in total. The van der Waals surface area contributed by atoms with Crippen molar-refractivity contribution in [3.63, 3.8) is 0 Å². The van der Waals surface area contributed by atoms with E-state index in [2.05, 4.69) is 17.4 Å². The molecule has 2 aromatic rings. The lowest BCUT2D eigenvalue weighted by Crippen LogP contribution is -2.14. The van der Waals surface area contributed by atoms with Gasteiger partial charge in [0.15, 0.2) is 0 Å². The Balaban J connectivity index is 1.61.